The third kappa shape index (κ3) is 2.13. The van der Waals surface area contributed by atoms with Gasteiger partial charge in [-0.15, -0.1) is 0 Å². The smallest absolute Gasteiger partial charge is 0.273 e. The van der Waals surface area contributed by atoms with Gasteiger partial charge in [0, 0.05) is 47.3 Å². The Bertz CT molecular complexity index is 277. The van der Waals surface area contributed by atoms with Crippen molar-refractivity contribution in [3.8, 4) is 5.19 Å². The molecule has 2 heterocycles. The average Bonchev–Trinajstić information content (AvgIpc) is 2.47. The molecule has 2 rings (SSSR count). The molecule has 0 radical (unpaired) electrons. The summed E-state index contributed by atoms with van der Waals surface area (Å²) in [5.74, 6) is 0. The van der Waals surface area contributed by atoms with Crippen molar-refractivity contribution in [2.45, 2.75) is 12.8 Å². The Morgan fingerprint density at radius 2 is 2.23 bits per heavy atom. The molecule has 0 amide bonds. The van der Waals surface area contributed by atoms with Crippen LogP contribution >= 0.6 is 34.2 Å². The lowest BCUT2D eigenvalue weighted by molar-refractivity contribution is 0.410. The molecular weight excluding hydrogens is 299 g/mol. The highest BCUT2D eigenvalue weighted by Crippen LogP contribution is 2.28. The summed E-state index contributed by atoms with van der Waals surface area (Å²) in [4.78, 5) is 5.83. The van der Waals surface area contributed by atoms with Gasteiger partial charge in [-0.1, -0.05) is 11.3 Å². The highest BCUT2D eigenvalue weighted by Gasteiger charge is 2.16. The van der Waals surface area contributed by atoms with Crippen LogP contribution in [0.25, 0.3) is 0 Å². The second kappa shape index (κ2) is 4.10. The number of nitrogens with zero attached hydrogens (tertiary/aromatic N) is 2. The molecule has 0 saturated heterocycles. The van der Waals surface area contributed by atoms with Crippen LogP contribution in [0.2, 0.25) is 0 Å². The molecule has 0 fully saturated rings. The summed E-state index contributed by atoms with van der Waals surface area (Å²) in [6.07, 6.45) is 2.16. The van der Waals surface area contributed by atoms with E-state index in [2.05, 4.69) is 31.0 Å². The summed E-state index contributed by atoms with van der Waals surface area (Å²) in [5.41, 5.74) is 1.24. The van der Waals surface area contributed by atoms with Gasteiger partial charge in [-0.25, -0.2) is 8.10 Å². The van der Waals surface area contributed by atoms with E-state index in [1.807, 2.05) is 0 Å². The van der Waals surface area contributed by atoms with Crippen LogP contribution in [0.5, 0.6) is 5.19 Å². The molecule has 1 aromatic rings. The Balaban J connectivity index is 2.21. The second-order valence-electron chi connectivity index (χ2n) is 2.96. The summed E-state index contributed by atoms with van der Waals surface area (Å²) in [7, 11) is 1.68. The summed E-state index contributed by atoms with van der Waals surface area (Å²) < 4.78 is 7.44. The predicted molar refractivity (Wildman–Crippen MR) is 61.7 cm³/mol. The number of fused-ring (bicyclic) bond motifs is 1. The fourth-order valence-electron chi connectivity index (χ4n) is 1.40. The van der Waals surface area contributed by atoms with Crippen LogP contribution < -0.4 is 4.74 Å². The van der Waals surface area contributed by atoms with Gasteiger partial charge in [0.1, 0.15) is 0 Å². The van der Waals surface area contributed by atoms with E-state index in [4.69, 9.17) is 4.74 Å². The standard InChI is InChI=1S/C8H11IN2OS/c1-12-8-10-6-2-4-11(9)5-3-7(6)13-8/h2-5H2,1H3. The molecule has 0 aliphatic carbocycles. The molecule has 1 aromatic heterocycles. The molecule has 0 spiro atoms. The van der Waals surface area contributed by atoms with Crippen LogP contribution in [-0.4, -0.2) is 28.3 Å². The summed E-state index contributed by atoms with van der Waals surface area (Å²) in [6, 6.07) is 0. The minimum absolute atomic E-state index is 0.812. The first-order chi connectivity index (χ1) is 6.29. The number of aromatic nitrogens is 1. The van der Waals surface area contributed by atoms with Gasteiger partial charge in [0.2, 0.25) is 0 Å². The fraction of sp³-hybridized carbons (Fsp3) is 0.625. The fourth-order valence-corrected chi connectivity index (χ4v) is 2.79. The van der Waals surface area contributed by atoms with Crippen LogP contribution in [0.3, 0.4) is 0 Å². The Morgan fingerprint density at radius 3 is 3.00 bits per heavy atom. The highest BCUT2D eigenvalue weighted by molar-refractivity contribution is 14.1. The quantitative estimate of drug-likeness (QED) is 0.585. The van der Waals surface area contributed by atoms with E-state index in [0.29, 0.717) is 0 Å². The van der Waals surface area contributed by atoms with E-state index in [-0.39, 0.29) is 0 Å². The Kier molecular flexibility index (Phi) is 3.05. The molecule has 1 aliphatic rings. The van der Waals surface area contributed by atoms with Gasteiger partial charge >= 0.3 is 0 Å². The molecule has 0 N–H and O–H groups in total. The summed E-state index contributed by atoms with van der Waals surface area (Å²) in [6.45, 7) is 2.22. The van der Waals surface area contributed by atoms with Gasteiger partial charge in [-0.2, -0.15) is 0 Å². The molecule has 0 unspecified atom stereocenters. The van der Waals surface area contributed by atoms with Gasteiger partial charge < -0.3 is 4.74 Å². The molecule has 5 heteroatoms. The van der Waals surface area contributed by atoms with Crippen molar-refractivity contribution in [1.29, 1.82) is 0 Å². The van der Waals surface area contributed by atoms with Crippen LogP contribution in [0.4, 0.5) is 0 Å². The van der Waals surface area contributed by atoms with E-state index in [9.17, 15) is 0 Å². The number of hydrogen-bond acceptors (Lipinski definition) is 4. The number of ether oxygens (including phenoxy) is 1. The molecule has 0 atom stereocenters. The number of hydrogen-bond donors (Lipinski definition) is 0. The van der Waals surface area contributed by atoms with Gasteiger partial charge in [-0.3, -0.25) is 0 Å². The van der Waals surface area contributed by atoms with Crippen LogP contribution in [-0.2, 0) is 12.8 Å². The van der Waals surface area contributed by atoms with Gasteiger partial charge in [0.05, 0.1) is 12.8 Å². The van der Waals surface area contributed by atoms with Crippen LogP contribution in [0, 0.1) is 0 Å². The third-order valence-corrected chi connectivity index (χ3v) is 4.19. The number of rotatable bonds is 1. The second-order valence-corrected chi connectivity index (χ2v) is 5.37. The van der Waals surface area contributed by atoms with Crippen molar-refractivity contribution < 1.29 is 4.74 Å². The monoisotopic (exact) mass is 310 g/mol. The van der Waals surface area contributed by atoms with E-state index >= 15 is 0 Å². The lowest BCUT2D eigenvalue weighted by atomic mass is 10.2. The van der Waals surface area contributed by atoms with Crippen molar-refractivity contribution in [1.82, 2.24) is 8.10 Å². The first kappa shape index (κ1) is 9.67. The van der Waals surface area contributed by atoms with Crippen LogP contribution in [0.15, 0.2) is 0 Å². The van der Waals surface area contributed by atoms with E-state index in [1.54, 1.807) is 18.4 Å². The zero-order valence-corrected chi connectivity index (χ0v) is 10.4. The predicted octanol–water partition coefficient (Wildman–Crippen LogP) is 1.90. The van der Waals surface area contributed by atoms with Crippen molar-refractivity contribution in [2.75, 3.05) is 20.2 Å². The number of methoxy groups -OCH3 is 1. The zero-order chi connectivity index (χ0) is 9.26. The normalized spacial score (nSPS) is 18.0. The summed E-state index contributed by atoms with van der Waals surface area (Å²) in [5, 5.41) is 0.812. The van der Waals surface area contributed by atoms with Gasteiger partial charge in [-0.05, 0) is 6.42 Å². The maximum Gasteiger partial charge on any atom is 0.273 e. The lowest BCUT2D eigenvalue weighted by Crippen LogP contribution is -2.14. The summed E-state index contributed by atoms with van der Waals surface area (Å²) >= 11 is 4.06. The van der Waals surface area contributed by atoms with Crippen LogP contribution in [0.1, 0.15) is 10.6 Å². The Hall–Kier alpha value is 0.120. The molecular formula is C8H11IN2OS. The minimum Gasteiger partial charge on any atom is -0.473 e. The third-order valence-electron chi connectivity index (χ3n) is 2.11. The number of thiazole rings is 1. The van der Waals surface area contributed by atoms with Gasteiger partial charge in [0.15, 0.2) is 0 Å². The molecule has 0 bridgehead atoms. The van der Waals surface area contributed by atoms with Crippen molar-refractivity contribution >= 4 is 34.2 Å². The average molecular weight is 310 g/mol. The Labute approximate surface area is 95.6 Å². The number of halogens is 1. The molecule has 3 nitrogen and oxygen atoms in total. The molecule has 1 aliphatic heterocycles. The molecule has 0 aromatic carbocycles. The molecule has 0 saturated carbocycles. The largest absolute Gasteiger partial charge is 0.473 e. The highest BCUT2D eigenvalue weighted by atomic mass is 127. The minimum atomic E-state index is 0.812. The molecule has 72 valence electrons. The van der Waals surface area contributed by atoms with E-state index in [1.165, 1.54) is 10.6 Å². The van der Waals surface area contributed by atoms with E-state index < -0.39 is 0 Å². The Morgan fingerprint density at radius 1 is 1.46 bits per heavy atom. The topological polar surface area (TPSA) is 25.4 Å². The van der Waals surface area contributed by atoms with Gasteiger partial charge in [0.25, 0.3) is 5.19 Å². The van der Waals surface area contributed by atoms with Crippen molar-refractivity contribution in [2.24, 2.45) is 0 Å². The maximum absolute atomic E-state index is 5.13. The zero-order valence-electron chi connectivity index (χ0n) is 7.42. The van der Waals surface area contributed by atoms with E-state index in [0.717, 1.165) is 31.1 Å². The first-order valence-corrected chi connectivity index (χ1v) is 6.01. The first-order valence-electron chi connectivity index (χ1n) is 4.23. The maximum atomic E-state index is 5.13. The SMILES string of the molecule is COc1nc2c(s1)CCN(I)CC2. The van der Waals surface area contributed by atoms with Crippen molar-refractivity contribution in [3.63, 3.8) is 0 Å². The van der Waals surface area contributed by atoms with Crippen molar-refractivity contribution in [3.05, 3.63) is 10.6 Å². The lowest BCUT2D eigenvalue weighted by Gasteiger charge is -2.07. The molecule has 13 heavy (non-hydrogen) atoms.